The van der Waals surface area contributed by atoms with Gasteiger partial charge in [-0.2, -0.15) is 5.10 Å². The van der Waals surface area contributed by atoms with Gasteiger partial charge in [0.15, 0.2) is 0 Å². The Kier molecular flexibility index (Phi) is 2.93. The molecule has 0 spiro atoms. The van der Waals surface area contributed by atoms with Crippen molar-refractivity contribution in [3.63, 3.8) is 0 Å². The third-order valence-corrected chi connectivity index (χ3v) is 2.34. The average Bonchev–Trinajstić information content (AvgIpc) is 2.53. The Balaban J connectivity index is 2.91. The number of carboxylic acid groups (broad SMARTS) is 1. The minimum absolute atomic E-state index is 0.749. The van der Waals surface area contributed by atoms with Crippen LogP contribution in [0.15, 0.2) is 12.4 Å². The molecule has 0 unspecified atom stereocenters. The fraction of sp³-hybridized carbons (Fsp3) is 0.600. The first-order chi connectivity index (χ1) is 6.48. The number of aliphatic carboxylic acids is 1. The number of hydrogen-bond acceptors (Lipinski definition) is 2. The van der Waals surface area contributed by atoms with Gasteiger partial charge in [0.1, 0.15) is 0 Å². The highest BCUT2D eigenvalue weighted by molar-refractivity contribution is 5.79. The highest BCUT2D eigenvalue weighted by Crippen LogP contribution is 2.22. The lowest BCUT2D eigenvalue weighted by atomic mass is 9.87. The molecule has 0 aliphatic heterocycles. The van der Waals surface area contributed by atoms with Crippen molar-refractivity contribution in [2.45, 2.75) is 39.2 Å². The van der Waals surface area contributed by atoms with Gasteiger partial charge in [-0.1, -0.05) is 6.92 Å². The summed E-state index contributed by atoms with van der Waals surface area (Å²) < 4.78 is 1.78. The van der Waals surface area contributed by atoms with E-state index in [0.29, 0.717) is 0 Å². The lowest BCUT2D eigenvalue weighted by Crippen LogP contribution is -2.27. The molecule has 0 aliphatic rings. The minimum Gasteiger partial charge on any atom is -0.481 e. The van der Waals surface area contributed by atoms with E-state index in [0.717, 1.165) is 18.5 Å². The van der Waals surface area contributed by atoms with E-state index >= 15 is 0 Å². The van der Waals surface area contributed by atoms with Crippen molar-refractivity contribution in [3.8, 4) is 0 Å². The summed E-state index contributed by atoms with van der Waals surface area (Å²) >= 11 is 0. The lowest BCUT2D eigenvalue weighted by molar-refractivity contribution is -0.142. The first-order valence-corrected chi connectivity index (χ1v) is 4.74. The van der Waals surface area contributed by atoms with Crippen molar-refractivity contribution in [1.82, 2.24) is 9.78 Å². The van der Waals surface area contributed by atoms with Crippen molar-refractivity contribution in [1.29, 1.82) is 0 Å². The number of nitrogens with zero attached hydrogens (tertiary/aromatic N) is 2. The van der Waals surface area contributed by atoms with Crippen LogP contribution in [-0.2, 0) is 16.8 Å². The Hall–Kier alpha value is -1.32. The van der Waals surface area contributed by atoms with Crippen molar-refractivity contribution < 1.29 is 9.90 Å². The van der Waals surface area contributed by atoms with Crippen molar-refractivity contribution in [2.75, 3.05) is 0 Å². The topological polar surface area (TPSA) is 55.1 Å². The molecule has 14 heavy (non-hydrogen) atoms. The molecule has 1 heterocycles. The Labute approximate surface area is 83.5 Å². The molecule has 0 radical (unpaired) electrons. The Morgan fingerprint density at radius 1 is 1.64 bits per heavy atom. The first-order valence-electron chi connectivity index (χ1n) is 4.74. The second-order valence-corrected chi connectivity index (χ2v) is 3.92. The molecule has 1 aromatic rings. The number of rotatable bonds is 4. The van der Waals surface area contributed by atoms with Crippen LogP contribution in [0.4, 0.5) is 0 Å². The van der Waals surface area contributed by atoms with E-state index in [1.54, 1.807) is 30.9 Å². The third kappa shape index (κ3) is 1.95. The van der Waals surface area contributed by atoms with Gasteiger partial charge in [-0.3, -0.25) is 9.48 Å². The second-order valence-electron chi connectivity index (χ2n) is 3.92. The smallest absolute Gasteiger partial charge is 0.313 e. The fourth-order valence-corrected chi connectivity index (χ4v) is 1.16. The van der Waals surface area contributed by atoms with Crippen LogP contribution in [0.2, 0.25) is 0 Å². The van der Waals surface area contributed by atoms with Gasteiger partial charge in [0.25, 0.3) is 0 Å². The summed E-state index contributed by atoms with van der Waals surface area (Å²) in [6.07, 6.45) is 4.43. The minimum atomic E-state index is -0.855. The van der Waals surface area contributed by atoms with Gasteiger partial charge in [0.2, 0.25) is 0 Å². The SMILES string of the molecule is CCCn1cc(C(C)(C)C(=O)O)cn1. The Bertz CT molecular complexity index is 329. The molecule has 1 aromatic heterocycles. The van der Waals surface area contributed by atoms with Gasteiger partial charge in [-0.25, -0.2) is 0 Å². The van der Waals surface area contributed by atoms with Crippen LogP contribution in [0.1, 0.15) is 32.8 Å². The van der Waals surface area contributed by atoms with Crippen LogP contribution in [0.25, 0.3) is 0 Å². The first kappa shape index (κ1) is 10.8. The van der Waals surface area contributed by atoms with E-state index in [2.05, 4.69) is 12.0 Å². The van der Waals surface area contributed by atoms with E-state index in [4.69, 9.17) is 5.11 Å². The predicted octanol–water partition coefficient (Wildman–Crippen LogP) is 1.66. The van der Waals surface area contributed by atoms with Crippen molar-refractivity contribution in [2.24, 2.45) is 0 Å². The highest BCUT2D eigenvalue weighted by atomic mass is 16.4. The van der Waals surface area contributed by atoms with Crippen LogP contribution in [-0.4, -0.2) is 20.9 Å². The maximum atomic E-state index is 11.0. The molecular weight excluding hydrogens is 180 g/mol. The van der Waals surface area contributed by atoms with E-state index < -0.39 is 11.4 Å². The molecule has 0 bridgehead atoms. The largest absolute Gasteiger partial charge is 0.481 e. The maximum absolute atomic E-state index is 11.0. The summed E-state index contributed by atoms with van der Waals surface area (Å²) in [5.41, 5.74) is -0.107. The van der Waals surface area contributed by atoms with Crippen LogP contribution in [0.5, 0.6) is 0 Å². The quantitative estimate of drug-likeness (QED) is 0.796. The van der Waals surface area contributed by atoms with E-state index in [1.807, 2.05) is 0 Å². The van der Waals surface area contributed by atoms with Gasteiger partial charge in [-0.05, 0) is 20.3 Å². The van der Waals surface area contributed by atoms with Crippen molar-refractivity contribution >= 4 is 5.97 Å². The molecule has 78 valence electrons. The number of aryl methyl sites for hydroxylation is 1. The molecule has 1 rings (SSSR count). The van der Waals surface area contributed by atoms with E-state index in [-0.39, 0.29) is 0 Å². The summed E-state index contributed by atoms with van der Waals surface area (Å²) in [6.45, 7) is 6.25. The molecule has 0 saturated carbocycles. The average molecular weight is 196 g/mol. The predicted molar refractivity (Wildman–Crippen MR) is 53.2 cm³/mol. The maximum Gasteiger partial charge on any atom is 0.313 e. The normalized spacial score (nSPS) is 11.6. The Morgan fingerprint density at radius 3 is 2.79 bits per heavy atom. The van der Waals surface area contributed by atoms with E-state index in [1.165, 1.54) is 0 Å². The molecule has 0 aromatic carbocycles. The fourth-order valence-electron chi connectivity index (χ4n) is 1.16. The molecule has 0 saturated heterocycles. The van der Waals surface area contributed by atoms with E-state index in [9.17, 15) is 4.79 Å². The summed E-state index contributed by atoms with van der Waals surface area (Å²) in [7, 11) is 0. The molecule has 0 aliphatic carbocycles. The number of hydrogen-bond donors (Lipinski definition) is 1. The van der Waals surface area contributed by atoms with Gasteiger partial charge in [0.05, 0.1) is 11.6 Å². The molecule has 0 amide bonds. The third-order valence-electron chi connectivity index (χ3n) is 2.34. The molecule has 0 atom stereocenters. The molecule has 1 N–H and O–H groups in total. The zero-order valence-corrected chi connectivity index (χ0v) is 8.82. The summed E-state index contributed by atoms with van der Waals surface area (Å²) in [5.74, 6) is -0.825. The number of carboxylic acids is 1. The monoisotopic (exact) mass is 196 g/mol. The molecule has 4 nitrogen and oxygen atoms in total. The highest BCUT2D eigenvalue weighted by Gasteiger charge is 2.30. The Morgan fingerprint density at radius 2 is 2.29 bits per heavy atom. The number of carbonyl (C=O) groups is 1. The van der Waals surface area contributed by atoms with Gasteiger partial charge >= 0.3 is 5.97 Å². The van der Waals surface area contributed by atoms with Gasteiger partial charge in [0, 0.05) is 18.3 Å². The van der Waals surface area contributed by atoms with Crippen LogP contribution in [0.3, 0.4) is 0 Å². The summed E-state index contributed by atoms with van der Waals surface area (Å²) in [5, 5.41) is 13.1. The van der Waals surface area contributed by atoms with Crippen molar-refractivity contribution in [3.05, 3.63) is 18.0 Å². The van der Waals surface area contributed by atoms with Gasteiger partial charge in [-0.15, -0.1) is 0 Å². The standard InChI is InChI=1S/C10H16N2O2/c1-4-5-12-7-8(6-11-12)10(2,3)9(13)14/h6-7H,4-5H2,1-3H3,(H,13,14). The second kappa shape index (κ2) is 3.82. The zero-order valence-electron chi connectivity index (χ0n) is 8.82. The van der Waals surface area contributed by atoms with Crippen LogP contribution >= 0.6 is 0 Å². The van der Waals surface area contributed by atoms with Crippen LogP contribution in [0, 0.1) is 0 Å². The van der Waals surface area contributed by atoms with Crippen LogP contribution < -0.4 is 0 Å². The van der Waals surface area contributed by atoms with Gasteiger partial charge < -0.3 is 5.11 Å². The molecule has 0 fully saturated rings. The molecule has 4 heteroatoms. The zero-order chi connectivity index (χ0) is 10.8. The lowest BCUT2D eigenvalue weighted by Gasteiger charge is -2.16. The molecular formula is C10H16N2O2. The summed E-state index contributed by atoms with van der Waals surface area (Å²) in [6, 6.07) is 0. The summed E-state index contributed by atoms with van der Waals surface area (Å²) in [4.78, 5) is 11.0. The number of aromatic nitrogens is 2.